The first-order valence-electron chi connectivity index (χ1n) is 3.12. The Morgan fingerprint density at radius 1 is 1.33 bits per heavy atom. The predicted molar refractivity (Wildman–Crippen MR) is 47.5 cm³/mol. The number of nitrogens with one attached hydrogen (secondary N) is 1. The average Bonchev–Trinajstić information content (AvgIpc) is 2.10. The lowest BCUT2D eigenvalue weighted by atomic mass is 10.2. The third kappa shape index (κ3) is 1.75. The van der Waals surface area contributed by atoms with Crippen LogP contribution < -0.4 is 5.32 Å². The molecule has 0 spiro atoms. The molecule has 0 aromatic heterocycles. The molecule has 58 valence electrons. The summed E-state index contributed by atoms with van der Waals surface area (Å²) in [6, 6.07) is 3.59. The van der Waals surface area contributed by atoms with Crippen LogP contribution in [0.25, 0.3) is 0 Å². The van der Waals surface area contributed by atoms with Gasteiger partial charge in [0.15, 0.2) is 5.57 Å². The second kappa shape index (κ2) is 3.75. The summed E-state index contributed by atoms with van der Waals surface area (Å²) in [5.74, 6) is 0. The lowest BCUT2D eigenvalue weighted by Crippen LogP contribution is -2.08. The fourth-order valence-corrected chi connectivity index (χ4v) is 0.953. The van der Waals surface area contributed by atoms with Crippen molar-refractivity contribution in [3.8, 4) is 12.1 Å². The summed E-state index contributed by atoms with van der Waals surface area (Å²) in [4.78, 5) is 0. The van der Waals surface area contributed by atoms with Crippen molar-refractivity contribution in [1.29, 1.82) is 10.5 Å². The molecular formula is C8H4BrN3. The van der Waals surface area contributed by atoms with E-state index in [1.54, 1.807) is 30.5 Å². The molecule has 0 atom stereocenters. The Labute approximate surface area is 78.4 Å². The molecule has 0 aromatic rings. The minimum Gasteiger partial charge on any atom is -0.359 e. The quantitative estimate of drug-likeness (QED) is 0.634. The van der Waals surface area contributed by atoms with Crippen molar-refractivity contribution in [2.24, 2.45) is 0 Å². The Balaban J connectivity index is 2.99. The number of rotatable bonds is 0. The lowest BCUT2D eigenvalue weighted by Gasteiger charge is -2.06. The molecule has 0 amide bonds. The smallest absolute Gasteiger partial charge is 0.153 e. The van der Waals surface area contributed by atoms with Crippen LogP contribution in [0.15, 0.2) is 34.1 Å². The maximum absolute atomic E-state index is 8.51. The van der Waals surface area contributed by atoms with Gasteiger partial charge in [-0.05, 0) is 28.1 Å². The summed E-state index contributed by atoms with van der Waals surface area (Å²) < 4.78 is 0.876. The van der Waals surface area contributed by atoms with E-state index in [1.165, 1.54) is 0 Å². The van der Waals surface area contributed by atoms with Gasteiger partial charge >= 0.3 is 0 Å². The van der Waals surface area contributed by atoms with Gasteiger partial charge < -0.3 is 5.32 Å². The first kappa shape index (κ1) is 8.58. The van der Waals surface area contributed by atoms with E-state index >= 15 is 0 Å². The second-order valence-corrected chi connectivity index (χ2v) is 2.93. The fourth-order valence-electron chi connectivity index (χ4n) is 0.707. The molecule has 0 unspecified atom stereocenters. The van der Waals surface area contributed by atoms with Crippen molar-refractivity contribution in [2.45, 2.75) is 0 Å². The van der Waals surface area contributed by atoms with Gasteiger partial charge in [0, 0.05) is 10.7 Å². The first-order valence-corrected chi connectivity index (χ1v) is 3.92. The first-order chi connectivity index (χ1) is 5.77. The van der Waals surface area contributed by atoms with E-state index in [0.29, 0.717) is 5.70 Å². The minimum atomic E-state index is 0.0856. The van der Waals surface area contributed by atoms with E-state index in [0.717, 1.165) is 4.48 Å². The molecule has 1 heterocycles. The Bertz CT molecular complexity index is 347. The number of dihydropyridines is 1. The molecule has 0 aliphatic carbocycles. The van der Waals surface area contributed by atoms with Crippen LogP contribution in [0.5, 0.6) is 0 Å². The Morgan fingerprint density at radius 3 is 2.42 bits per heavy atom. The molecule has 1 N–H and O–H groups in total. The highest BCUT2D eigenvalue weighted by molar-refractivity contribution is 9.11. The van der Waals surface area contributed by atoms with E-state index in [-0.39, 0.29) is 5.57 Å². The van der Waals surface area contributed by atoms with E-state index < -0.39 is 0 Å². The molecule has 0 radical (unpaired) electrons. The molecule has 1 aliphatic heterocycles. The maximum atomic E-state index is 8.51. The molecule has 12 heavy (non-hydrogen) atoms. The van der Waals surface area contributed by atoms with Gasteiger partial charge in [-0.25, -0.2) is 0 Å². The Kier molecular flexibility index (Phi) is 2.68. The van der Waals surface area contributed by atoms with E-state index in [4.69, 9.17) is 10.5 Å². The van der Waals surface area contributed by atoms with Crippen molar-refractivity contribution in [2.75, 3.05) is 0 Å². The van der Waals surface area contributed by atoms with Crippen LogP contribution in [0, 0.1) is 22.7 Å². The topological polar surface area (TPSA) is 59.6 Å². The summed E-state index contributed by atoms with van der Waals surface area (Å²) in [7, 11) is 0. The number of hydrogen-bond donors (Lipinski definition) is 1. The van der Waals surface area contributed by atoms with Crippen molar-refractivity contribution in [1.82, 2.24) is 5.32 Å². The van der Waals surface area contributed by atoms with Crippen LogP contribution in [0.4, 0.5) is 0 Å². The van der Waals surface area contributed by atoms with Gasteiger partial charge in [0.05, 0.1) is 5.70 Å². The number of nitriles is 2. The van der Waals surface area contributed by atoms with Crippen LogP contribution in [0.3, 0.4) is 0 Å². The number of allylic oxidation sites excluding steroid dienone is 4. The summed E-state index contributed by atoms with van der Waals surface area (Å²) in [6.07, 6.45) is 5.11. The van der Waals surface area contributed by atoms with Gasteiger partial charge in [-0.1, -0.05) is 0 Å². The maximum Gasteiger partial charge on any atom is 0.153 e. The molecule has 4 heteroatoms. The van der Waals surface area contributed by atoms with E-state index in [9.17, 15) is 0 Å². The average molecular weight is 222 g/mol. The van der Waals surface area contributed by atoms with Gasteiger partial charge in [0.2, 0.25) is 0 Å². The van der Waals surface area contributed by atoms with Crippen molar-refractivity contribution in [3.63, 3.8) is 0 Å². The van der Waals surface area contributed by atoms with Gasteiger partial charge in [0.1, 0.15) is 12.1 Å². The third-order valence-corrected chi connectivity index (χ3v) is 1.76. The van der Waals surface area contributed by atoms with Crippen LogP contribution in [-0.4, -0.2) is 0 Å². The van der Waals surface area contributed by atoms with E-state index in [2.05, 4.69) is 21.2 Å². The van der Waals surface area contributed by atoms with Gasteiger partial charge in [-0.3, -0.25) is 0 Å². The van der Waals surface area contributed by atoms with Crippen LogP contribution >= 0.6 is 15.9 Å². The summed E-state index contributed by atoms with van der Waals surface area (Å²) in [6.45, 7) is 0. The fraction of sp³-hybridized carbons (Fsp3) is 0. The molecule has 0 aromatic carbocycles. The minimum absolute atomic E-state index is 0.0856. The van der Waals surface area contributed by atoms with Crippen molar-refractivity contribution >= 4 is 15.9 Å². The van der Waals surface area contributed by atoms with Crippen LogP contribution in [0.1, 0.15) is 0 Å². The van der Waals surface area contributed by atoms with Crippen LogP contribution in [0.2, 0.25) is 0 Å². The molecule has 0 fully saturated rings. The summed E-state index contributed by atoms with van der Waals surface area (Å²) >= 11 is 3.23. The zero-order valence-electron chi connectivity index (χ0n) is 6.00. The number of nitrogens with zero attached hydrogens (tertiary/aromatic N) is 2. The van der Waals surface area contributed by atoms with Crippen molar-refractivity contribution < 1.29 is 0 Å². The summed E-state index contributed by atoms with van der Waals surface area (Å²) in [5, 5.41) is 19.8. The monoisotopic (exact) mass is 221 g/mol. The highest BCUT2D eigenvalue weighted by Crippen LogP contribution is 2.13. The summed E-state index contributed by atoms with van der Waals surface area (Å²) in [5.41, 5.74) is 0.616. The highest BCUT2D eigenvalue weighted by atomic mass is 79.9. The second-order valence-electron chi connectivity index (χ2n) is 2.02. The normalized spacial score (nSPS) is 13.9. The molecule has 1 aliphatic rings. The Morgan fingerprint density at radius 2 is 2.00 bits per heavy atom. The number of halogens is 1. The van der Waals surface area contributed by atoms with Gasteiger partial charge in [-0.15, -0.1) is 0 Å². The predicted octanol–water partition coefficient (Wildman–Crippen LogP) is 1.68. The highest BCUT2D eigenvalue weighted by Gasteiger charge is 2.04. The third-order valence-electron chi connectivity index (χ3n) is 1.27. The Hall–Kier alpha value is -1.52. The molecule has 0 saturated carbocycles. The molecule has 1 rings (SSSR count). The molecule has 0 saturated heterocycles. The molecular weight excluding hydrogens is 218 g/mol. The van der Waals surface area contributed by atoms with E-state index in [1.807, 2.05) is 0 Å². The van der Waals surface area contributed by atoms with Crippen molar-refractivity contribution in [3.05, 3.63) is 34.1 Å². The van der Waals surface area contributed by atoms with Crippen LogP contribution in [-0.2, 0) is 0 Å². The number of hydrogen-bond acceptors (Lipinski definition) is 3. The SMILES string of the molecule is N#CC(C#N)=C1C=CC(Br)=CN1. The molecule has 0 bridgehead atoms. The zero-order valence-corrected chi connectivity index (χ0v) is 7.59. The standard InChI is InChI=1S/C8H4BrN3/c9-7-1-2-8(12-5-7)6(3-10)4-11/h1-2,5,12H. The largest absolute Gasteiger partial charge is 0.359 e. The molecule has 3 nitrogen and oxygen atoms in total. The van der Waals surface area contributed by atoms with Gasteiger partial charge in [0.25, 0.3) is 0 Å². The van der Waals surface area contributed by atoms with Gasteiger partial charge in [-0.2, -0.15) is 10.5 Å². The lowest BCUT2D eigenvalue weighted by molar-refractivity contribution is 1.08. The zero-order chi connectivity index (χ0) is 8.97.